The van der Waals surface area contributed by atoms with E-state index >= 15 is 0 Å². The fraction of sp³-hybridized carbons (Fsp3) is 0.793. The van der Waals surface area contributed by atoms with Gasteiger partial charge in [-0.15, -0.1) is 0 Å². The molecule has 0 nitrogen and oxygen atoms in total. The average molecular weight is 401 g/mol. The zero-order chi connectivity index (χ0) is 21.0. The number of benzene rings is 1. The molecule has 1 aromatic carbocycles. The molecular weight excluding hydrogens is 348 g/mol. The third kappa shape index (κ3) is 11.9. The normalized spacial score (nSPS) is 11.8. The Kier molecular flexibility index (Phi) is 16.3. The summed E-state index contributed by atoms with van der Waals surface area (Å²) in [6.45, 7) is 6.98. The second kappa shape index (κ2) is 18.0. The molecule has 0 radical (unpaired) electrons. The van der Waals surface area contributed by atoms with Gasteiger partial charge in [-0.25, -0.2) is 0 Å². The van der Waals surface area contributed by atoms with Crippen LogP contribution >= 0.6 is 0 Å². The first-order valence-electron chi connectivity index (χ1n) is 13.3. The molecule has 0 aromatic heterocycles. The Labute approximate surface area is 184 Å². The molecule has 0 N–H and O–H groups in total. The standard InChI is InChI=1S/C29H52/c1-4-7-10-12-14-16-21-26-29(25-9-6-3,28-23-19-18-20-24-28)27-22-17-15-13-11-8-5-2/h18-20,23-24H,4-17,21-22,25-27H2,1-3H3. The highest BCUT2D eigenvalue weighted by Crippen LogP contribution is 2.40. The maximum Gasteiger partial charge on any atom is -0.00470 e. The van der Waals surface area contributed by atoms with Crippen molar-refractivity contribution in [1.29, 1.82) is 0 Å². The second-order valence-electron chi connectivity index (χ2n) is 9.49. The molecular formula is C29H52. The van der Waals surface area contributed by atoms with Gasteiger partial charge >= 0.3 is 0 Å². The zero-order valence-corrected chi connectivity index (χ0v) is 20.3. The largest absolute Gasteiger partial charge is 0.0654 e. The van der Waals surface area contributed by atoms with Gasteiger partial charge in [0.2, 0.25) is 0 Å². The van der Waals surface area contributed by atoms with Gasteiger partial charge in [0.15, 0.2) is 0 Å². The Morgan fingerprint density at radius 1 is 0.448 bits per heavy atom. The molecule has 0 fully saturated rings. The Bertz CT molecular complexity index is 428. The number of hydrogen-bond acceptors (Lipinski definition) is 0. The molecule has 0 heterocycles. The van der Waals surface area contributed by atoms with E-state index in [-0.39, 0.29) is 0 Å². The maximum absolute atomic E-state index is 2.43. The van der Waals surface area contributed by atoms with Crippen LogP contribution in [0.1, 0.15) is 148 Å². The van der Waals surface area contributed by atoms with E-state index in [1.807, 2.05) is 0 Å². The molecule has 1 aromatic rings. The summed E-state index contributed by atoms with van der Waals surface area (Å²) in [5, 5.41) is 0. The molecule has 0 bridgehead atoms. The molecule has 0 saturated heterocycles. The van der Waals surface area contributed by atoms with Crippen molar-refractivity contribution in [3.05, 3.63) is 35.9 Å². The topological polar surface area (TPSA) is 0 Å². The smallest absolute Gasteiger partial charge is 0.00470 e. The quantitative estimate of drug-likeness (QED) is 0.191. The highest BCUT2D eigenvalue weighted by atomic mass is 14.3. The minimum atomic E-state index is 0.435. The molecule has 0 aliphatic heterocycles. The minimum absolute atomic E-state index is 0.435. The molecule has 168 valence electrons. The molecule has 0 atom stereocenters. The highest BCUT2D eigenvalue weighted by Gasteiger charge is 2.30. The van der Waals surface area contributed by atoms with Gasteiger partial charge < -0.3 is 0 Å². The lowest BCUT2D eigenvalue weighted by Crippen LogP contribution is -2.26. The summed E-state index contributed by atoms with van der Waals surface area (Å²) in [6.07, 6.45) is 26.8. The van der Waals surface area contributed by atoms with Gasteiger partial charge in [-0.3, -0.25) is 0 Å². The Morgan fingerprint density at radius 2 is 0.828 bits per heavy atom. The van der Waals surface area contributed by atoms with Gasteiger partial charge in [-0.2, -0.15) is 0 Å². The number of unbranched alkanes of at least 4 members (excludes halogenated alkanes) is 13. The van der Waals surface area contributed by atoms with Crippen LogP contribution in [0.25, 0.3) is 0 Å². The van der Waals surface area contributed by atoms with Crippen LogP contribution in [0.5, 0.6) is 0 Å². The molecule has 0 unspecified atom stereocenters. The van der Waals surface area contributed by atoms with E-state index in [1.165, 1.54) is 122 Å². The lowest BCUT2D eigenvalue weighted by atomic mass is 9.69. The van der Waals surface area contributed by atoms with E-state index in [2.05, 4.69) is 51.1 Å². The van der Waals surface area contributed by atoms with Crippen molar-refractivity contribution in [2.24, 2.45) is 0 Å². The van der Waals surface area contributed by atoms with E-state index < -0.39 is 0 Å². The predicted octanol–water partition coefficient (Wildman–Crippen LogP) is 10.4. The average Bonchev–Trinajstić information content (AvgIpc) is 2.76. The first-order valence-corrected chi connectivity index (χ1v) is 13.3. The van der Waals surface area contributed by atoms with Gasteiger partial charge in [0.05, 0.1) is 0 Å². The molecule has 1 rings (SSSR count). The summed E-state index contributed by atoms with van der Waals surface area (Å²) >= 11 is 0. The number of hydrogen-bond donors (Lipinski definition) is 0. The van der Waals surface area contributed by atoms with Gasteiger partial charge in [0.1, 0.15) is 0 Å². The van der Waals surface area contributed by atoms with E-state index in [4.69, 9.17) is 0 Å². The van der Waals surface area contributed by atoms with Crippen LogP contribution in [0.2, 0.25) is 0 Å². The first kappa shape index (κ1) is 26.3. The van der Waals surface area contributed by atoms with Crippen LogP contribution < -0.4 is 0 Å². The third-order valence-corrected chi connectivity index (χ3v) is 6.91. The summed E-state index contributed by atoms with van der Waals surface area (Å²) in [4.78, 5) is 0. The van der Waals surface area contributed by atoms with Gasteiger partial charge in [-0.05, 0) is 30.2 Å². The molecule has 29 heavy (non-hydrogen) atoms. The molecule has 0 saturated carbocycles. The van der Waals surface area contributed by atoms with E-state index in [1.54, 1.807) is 5.56 Å². The van der Waals surface area contributed by atoms with Crippen molar-refractivity contribution < 1.29 is 0 Å². The van der Waals surface area contributed by atoms with Crippen LogP contribution in [0.15, 0.2) is 30.3 Å². The van der Waals surface area contributed by atoms with Crippen molar-refractivity contribution in [2.75, 3.05) is 0 Å². The van der Waals surface area contributed by atoms with Crippen LogP contribution in [0.3, 0.4) is 0 Å². The Balaban J connectivity index is 2.60. The Hall–Kier alpha value is -0.780. The van der Waals surface area contributed by atoms with Crippen LogP contribution in [-0.2, 0) is 5.41 Å². The molecule has 0 heteroatoms. The first-order chi connectivity index (χ1) is 14.3. The van der Waals surface area contributed by atoms with Crippen molar-refractivity contribution in [2.45, 2.75) is 148 Å². The summed E-state index contributed by atoms with van der Waals surface area (Å²) in [5.74, 6) is 0. The van der Waals surface area contributed by atoms with E-state index in [0.29, 0.717) is 5.41 Å². The summed E-state index contributed by atoms with van der Waals surface area (Å²) in [7, 11) is 0. The fourth-order valence-corrected chi connectivity index (χ4v) is 4.96. The molecule has 0 spiro atoms. The van der Waals surface area contributed by atoms with Crippen molar-refractivity contribution in [1.82, 2.24) is 0 Å². The maximum atomic E-state index is 2.43. The minimum Gasteiger partial charge on any atom is -0.0654 e. The summed E-state index contributed by atoms with van der Waals surface area (Å²) in [6, 6.07) is 11.6. The SMILES string of the molecule is CCCCCCCCCC(CCCC)(CCCCCCCCC)c1ccccc1. The van der Waals surface area contributed by atoms with Crippen molar-refractivity contribution >= 4 is 0 Å². The Morgan fingerprint density at radius 3 is 1.28 bits per heavy atom. The number of rotatable bonds is 20. The molecule has 0 aliphatic rings. The van der Waals surface area contributed by atoms with E-state index in [9.17, 15) is 0 Å². The third-order valence-electron chi connectivity index (χ3n) is 6.91. The van der Waals surface area contributed by atoms with Gasteiger partial charge in [0, 0.05) is 0 Å². The lowest BCUT2D eigenvalue weighted by Gasteiger charge is -2.35. The van der Waals surface area contributed by atoms with Gasteiger partial charge in [0.25, 0.3) is 0 Å². The van der Waals surface area contributed by atoms with Gasteiger partial charge in [-0.1, -0.05) is 154 Å². The predicted molar refractivity (Wildman–Crippen MR) is 133 cm³/mol. The second-order valence-corrected chi connectivity index (χ2v) is 9.49. The zero-order valence-electron chi connectivity index (χ0n) is 20.3. The molecule has 0 amide bonds. The fourth-order valence-electron chi connectivity index (χ4n) is 4.96. The summed E-state index contributed by atoms with van der Waals surface area (Å²) in [5.41, 5.74) is 2.06. The summed E-state index contributed by atoms with van der Waals surface area (Å²) < 4.78 is 0. The lowest BCUT2D eigenvalue weighted by molar-refractivity contribution is 0.302. The van der Waals surface area contributed by atoms with Crippen LogP contribution in [-0.4, -0.2) is 0 Å². The highest BCUT2D eigenvalue weighted by molar-refractivity contribution is 5.25. The van der Waals surface area contributed by atoms with Crippen LogP contribution in [0.4, 0.5) is 0 Å². The molecule has 0 aliphatic carbocycles. The monoisotopic (exact) mass is 400 g/mol. The van der Waals surface area contributed by atoms with Crippen molar-refractivity contribution in [3.63, 3.8) is 0 Å². The van der Waals surface area contributed by atoms with Crippen molar-refractivity contribution in [3.8, 4) is 0 Å². The van der Waals surface area contributed by atoms with E-state index in [0.717, 1.165) is 0 Å². The van der Waals surface area contributed by atoms with Crippen LogP contribution in [0, 0.1) is 0 Å².